The lowest BCUT2D eigenvalue weighted by Crippen LogP contribution is -2.60. The summed E-state index contributed by atoms with van der Waals surface area (Å²) in [7, 11) is 0. The molecule has 0 bridgehead atoms. The summed E-state index contributed by atoms with van der Waals surface area (Å²) in [6.07, 6.45) is 1.07. The van der Waals surface area contributed by atoms with Crippen molar-refractivity contribution in [2.24, 2.45) is 0 Å². The summed E-state index contributed by atoms with van der Waals surface area (Å²) in [5.41, 5.74) is 21.1. The van der Waals surface area contributed by atoms with E-state index >= 15 is 0 Å². The van der Waals surface area contributed by atoms with Crippen LogP contribution in [0.15, 0.2) is 218 Å². The van der Waals surface area contributed by atoms with Crippen LogP contribution in [0.3, 0.4) is 0 Å². The second kappa shape index (κ2) is 18.2. The smallest absolute Gasteiger partial charge is 0.264 e. The van der Waals surface area contributed by atoms with Crippen LogP contribution < -0.4 is 25.5 Å². The molecule has 0 saturated heterocycles. The fourth-order valence-electron chi connectivity index (χ4n) is 12.9. The molecule has 0 amide bonds. The highest BCUT2D eigenvalue weighted by Gasteiger charge is 2.46. The molecule has 0 saturated carbocycles. The Kier molecular flexibility index (Phi) is 11.3. The van der Waals surface area contributed by atoms with Crippen LogP contribution in [0.1, 0.15) is 85.4 Å². The van der Waals surface area contributed by atoms with Crippen molar-refractivity contribution in [2.45, 2.75) is 85.0 Å². The minimum Gasteiger partial charge on any atom is -0.311 e. The summed E-state index contributed by atoms with van der Waals surface area (Å²) in [5, 5.41) is 8.98. The summed E-state index contributed by atoms with van der Waals surface area (Å²) in [4.78, 5) is 5.28. The van der Waals surface area contributed by atoms with E-state index in [0.29, 0.717) is 0 Å². The second-order valence-electron chi connectivity index (χ2n) is 24.9. The molecule has 2 aliphatic rings. The minimum absolute atomic E-state index is 0.0243. The Bertz CT molecular complexity index is 4370. The first-order chi connectivity index (χ1) is 38.2. The minimum atomic E-state index is -0.0955. The first-order valence-corrected chi connectivity index (χ1v) is 29.2. The Hall–Kier alpha value is -8.18. The molecule has 0 spiro atoms. The van der Waals surface area contributed by atoms with Gasteiger partial charge in [-0.1, -0.05) is 220 Å². The van der Waals surface area contributed by atoms with Gasteiger partial charge in [0.25, 0.3) is 6.71 Å². The molecule has 14 rings (SSSR count). The van der Waals surface area contributed by atoms with E-state index in [2.05, 4.69) is 291 Å². The molecule has 0 N–H and O–H groups in total. The van der Waals surface area contributed by atoms with Crippen molar-refractivity contribution < 1.29 is 0 Å². The predicted octanol–water partition coefficient (Wildman–Crippen LogP) is 19.7. The van der Waals surface area contributed by atoms with E-state index in [1.165, 1.54) is 137 Å². The van der Waals surface area contributed by atoms with E-state index in [0.717, 1.165) is 12.1 Å². The molecule has 12 aromatic rings. The Morgan fingerprint density at radius 2 is 0.911 bits per heavy atom. The summed E-state index contributed by atoms with van der Waals surface area (Å²) in [5.74, 6) is 0. The molecule has 2 nitrogen and oxygen atoms in total. The van der Waals surface area contributed by atoms with E-state index in [4.69, 9.17) is 0 Å². The molecule has 0 atom stereocenters. The molecule has 3 heterocycles. The third kappa shape index (κ3) is 7.89. The van der Waals surface area contributed by atoms with Gasteiger partial charge in [-0.3, -0.25) is 0 Å². The van der Waals surface area contributed by atoms with Crippen molar-refractivity contribution >= 4 is 110 Å². The quantitative estimate of drug-likeness (QED) is 0.116. The lowest BCUT2D eigenvalue weighted by atomic mass is 9.36. The van der Waals surface area contributed by atoms with E-state index in [1.807, 2.05) is 11.3 Å². The largest absolute Gasteiger partial charge is 0.311 e. The van der Waals surface area contributed by atoms with Gasteiger partial charge in [0.05, 0.1) is 11.4 Å². The number of thiophene rings is 1. The Balaban J connectivity index is 1.10. The third-order valence-electron chi connectivity index (χ3n) is 17.7. The fourth-order valence-corrected chi connectivity index (χ4v) is 14.2. The van der Waals surface area contributed by atoms with Gasteiger partial charge < -0.3 is 9.80 Å². The first-order valence-electron chi connectivity index (χ1n) is 28.3. The molecule has 1 aromatic heterocycles. The van der Waals surface area contributed by atoms with Crippen LogP contribution in [0.25, 0.3) is 75.8 Å². The molecular formula is C75H65BN2S. The molecule has 4 heteroatoms. The van der Waals surface area contributed by atoms with E-state index < -0.39 is 0 Å². The molecule has 0 unspecified atom stereocenters. The molecule has 11 aromatic carbocycles. The van der Waals surface area contributed by atoms with Crippen molar-refractivity contribution in [3.8, 4) is 33.4 Å². The molecule has 0 fully saturated rings. The number of anilines is 6. The molecule has 0 radical (unpaired) electrons. The van der Waals surface area contributed by atoms with Crippen molar-refractivity contribution in [3.63, 3.8) is 0 Å². The van der Waals surface area contributed by atoms with Crippen LogP contribution in [-0.2, 0) is 16.2 Å². The summed E-state index contributed by atoms with van der Waals surface area (Å²) >= 11 is 1.98. The van der Waals surface area contributed by atoms with Crippen LogP contribution >= 0.6 is 11.3 Å². The number of rotatable bonds is 7. The van der Waals surface area contributed by atoms with Gasteiger partial charge in [0, 0.05) is 43.2 Å². The number of nitrogens with zero attached hydrogens (tertiary/aromatic N) is 2. The van der Waals surface area contributed by atoms with Crippen LogP contribution in [0, 0.1) is 0 Å². The normalized spacial score (nSPS) is 13.4. The van der Waals surface area contributed by atoms with Gasteiger partial charge in [0.1, 0.15) is 0 Å². The van der Waals surface area contributed by atoms with Crippen LogP contribution in [0.2, 0.25) is 0 Å². The lowest BCUT2D eigenvalue weighted by molar-refractivity contribution is 0.506. The van der Waals surface area contributed by atoms with Gasteiger partial charge in [-0.05, 0) is 171 Å². The van der Waals surface area contributed by atoms with Gasteiger partial charge in [-0.15, -0.1) is 11.3 Å². The Morgan fingerprint density at radius 3 is 1.52 bits per heavy atom. The number of hydrogen-bond donors (Lipinski definition) is 0. The third-order valence-corrected chi connectivity index (χ3v) is 18.9. The standard InChI is InChI=1S/C75H65BN2S/c1-10-75(8,9)50-33-37-53(38-34-50)77-66-30-21-31-67-70(66)76(72-71(77)63-44-52(74(5,6)7)36-41-69(63)79-72)64-45-59(47-22-13-11-14-23-47)60(48-24-15-12-16-25-48)46-68(64)78(67)65-40-35-51(73(2,3)4)43-61(65)49-32-39-58-56-28-18-17-26-54(56)55-27-19-20-29-57(55)62(58)42-49/h11-46H,10H2,1-9H3. The maximum Gasteiger partial charge on any atom is 0.264 e. The van der Waals surface area contributed by atoms with Crippen molar-refractivity contribution in [3.05, 3.63) is 235 Å². The summed E-state index contributed by atoms with van der Waals surface area (Å²) in [6, 6.07) is 83.6. The summed E-state index contributed by atoms with van der Waals surface area (Å²) in [6.45, 7) is 21.0. The average Bonchev–Trinajstić information content (AvgIpc) is 3.77. The number of benzene rings is 11. The van der Waals surface area contributed by atoms with Gasteiger partial charge in [-0.25, -0.2) is 0 Å². The van der Waals surface area contributed by atoms with Crippen LogP contribution in [-0.4, -0.2) is 6.71 Å². The molecular weight excluding hydrogens is 972 g/mol. The SMILES string of the molecule is CCC(C)(C)c1ccc(N2c3cccc4c3B(c3cc(-c5ccccc5)c(-c5ccccc5)cc3N4c3ccc(C(C)(C)C)cc3-c3ccc4c5ccccc5c5ccccc5c4c3)c3sc4ccc(C(C)(C)C)cc4c32)cc1. The average molecular weight is 1040 g/mol. The zero-order chi connectivity index (χ0) is 54.1. The van der Waals surface area contributed by atoms with Crippen molar-refractivity contribution in [1.29, 1.82) is 0 Å². The van der Waals surface area contributed by atoms with Crippen LogP contribution in [0.4, 0.5) is 34.1 Å². The number of hydrogen-bond acceptors (Lipinski definition) is 3. The lowest BCUT2D eigenvalue weighted by Gasteiger charge is -2.44. The van der Waals surface area contributed by atoms with E-state index in [1.54, 1.807) is 0 Å². The van der Waals surface area contributed by atoms with Gasteiger partial charge in [-0.2, -0.15) is 0 Å². The maximum absolute atomic E-state index is 2.65. The van der Waals surface area contributed by atoms with Crippen molar-refractivity contribution in [2.75, 3.05) is 9.80 Å². The van der Waals surface area contributed by atoms with Gasteiger partial charge in [0.2, 0.25) is 0 Å². The Labute approximate surface area is 470 Å². The van der Waals surface area contributed by atoms with Gasteiger partial charge >= 0.3 is 0 Å². The monoisotopic (exact) mass is 1040 g/mol. The fraction of sp³-hybridized carbons (Fsp3) is 0.173. The van der Waals surface area contributed by atoms with E-state index in [9.17, 15) is 0 Å². The van der Waals surface area contributed by atoms with Gasteiger partial charge in [0.15, 0.2) is 0 Å². The highest BCUT2D eigenvalue weighted by Crippen LogP contribution is 2.52. The van der Waals surface area contributed by atoms with E-state index in [-0.39, 0.29) is 23.0 Å². The molecule has 2 aliphatic heterocycles. The number of fused-ring (bicyclic) bond motifs is 12. The highest BCUT2D eigenvalue weighted by molar-refractivity contribution is 7.33. The molecule has 0 aliphatic carbocycles. The zero-order valence-electron chi connectivity index (χ0n) is 46.9. The molecule has 384 valence electrons. The maximum atomic E-state index is 2.65. The predicted molar refractivity (Wildman–Crippen MR) is 345 cm³/mol. The first kappa shape index (κ1) is 49.1. The molecule has 79 heavy (non-hydrogen) atoms. The van der Waals surface area contributed by atoms with Crippen LogP contribution in [0.5, 0.6) is 0 Å². The Morgan fingerprint density at radius 1 is 0.380 bits per heavy atom. The van der Waals surface area contributed by atoms with Crippen molar-refractivity contribution in [1.82, 2.24) is 0 Å². The summed E-state index contributed by atoms with van der Waals surface area (Å²) < 4.78 is 2.69. The topological polar surface area (TPSA) is 6.48 Å². The highest BCUT2D eigenvalue weighted by atomic mass is 32.1. The zero-order valence-corrected chi connectivity index (χ0v) is 47.7. The second-order valence-corrected chi connectivity index (χ2v) is 26.0.